The lowest BCUT2D eigenvalue weighted by Gasteiger charge is -2.22. The highest BCUT2D eigenvalue weighted by atomic mass is 19.4. The van der Waals surface area contributed by atoms with Crippen LogP contribution in [-0.2, 0) is 6.54 Å². The van der Waals surface area contributed by atoms with Gasteiger partial charge in [-0.1, -0.05) is 17.9 Å². The molecule has 0 amide bonds. The fourth-order valence-corrected chi connectivity index (χ4v) is 1.78. The van der Waals surface area contributed by atoms with Crippen LogP contribution >= 0.6 is 0 Å². The molecule has 1 aromatic carbocycles. The van der Waals surface area contributed by atoms with Gasteiger partial charge in [-0.25, -0.2) is 4.39 Å². The smallest absolute Gasteiger partial charge is 0.395 e. The Labute approximate surface area is 120 Å². The Hall–Kier alpha value is -1.62. The molecular formula is C14H16F4N2O. The average molecular weight is 304 g/mol. The molecule has 0 unspecified atom stereocenters. The summed E-state index contributed by atoms with van der Waals surface area (Å²) in [7, 11) is 0. The lowest BCUT2D eigenvalue weighted by Crippen LogP contribution is -2.35. The van der Waals surface area contributed by atoms with Gasteiger partial charge in [0.2, 0.25) is 0 Å². The summed E-state index contributed by atoms with van der Waals surface area (Å²) >= 11 is 0. The van der Waals surface area contributed by atoms with E-state index in [-0.39, 0.29) is 25.2 Å². The van der Waals surface area contributed by atoms with E-state index in [9.17, 15) is 17.6 Å². The molecule has 1 rings (SSSR count). The van der Waals surface area contributed by atoms with Gasteiger partial charge in [0.1, 0.15) is 5.82 Å². The number of alkyl halides is 3. The van der Waals surface area contributed by atoms with Crippen LogP contribution in [0.15, 0.2) is 18.2 Å². The Morgan fingerprint density at radius 2 is 2.00 bits per heavy atom. The Balaban J connectivity index is 2.88. The van der Waals surface area contributed by atoms with Crippen LogP contribution in [0, 0.1) is 17.7 Å². The molecule has 0 aliphatic rings. The standard InChI is InChI=1S/C14H16F4N2O/c15-13-4-3-11(8-12(13)2-1-5-19)9-20(6-7-21)10-14(16,17)18/h3-4,8,21H,5-7,9-10,19H2. The molecule has 0 spiro atoms. The number of nitrogens with zero attached hydrogens (tertiary/aromatic N) is 1. The number of halogens is 4. The second kappa shape index (κ2) is 7.98. The van der Waals surface area contributed by atoms with Crippen LogP contribution in [0.3, 0.4) is 0 Å². The number of rotatable bonds is 5. The van der Waals surface area contributed by atoms with Crippen molar-refractivity contribution in [2.45, 2.75) is 12.7 Å². The highest BCUT2D eigenvalue weighted by molar-refractivity contribution is 5.38. The van der Waals surface area contributed by atoms with E-state index in [1.54, 1.807) is 0 Å². The molecule has 0 saturated carbocycles. The van der Waals surface area contributed by atoms with Gasteiger partial charge in [-0.3, -0.25) is 4.90 Å². The molecule has 0 bridgehead atoms. The Kier molecular flexibility index (Phi) is 6.62. The first-order chi connectivity index (χ1) is 9.85. The van der Waals surface area contributed by atoms with Crippen LogP contribution in [0.25, 0.3) is 0 Å². The molecule has 0 aliphatic carbocycles. The molecule has 21 heavy (non-hydrogen) atoms. The van der Waals surface area contributed by atoms with Crippen molar-refractivity contribution < 1.29 is 22.7 Å². The van der Waals surface area contributed by atoms with Gasteiger partial charge in [0.15, 0.2) is 0 Å². The molecule has 116 valence electrons. The lowest BCUT2D eigenvalue weighted by molar-refractivity contribution is -0.147. The van der Waals surface area contributed by atoms with E-state index in [0.717, 1.165) is 11.0 Å². The third kappa shape index (κ3) is 6.58. The van der Waals surface area contributed by atoms with Gasteiger partial charge >= 0.3 is 6.18 Å². The van der Waals surface area contributed by atoms with Crippen molar-refractivity contribution in [2.75, 3.05) is 26.2 Å². The zero-order chi connectivity index (χ0) is 15.9. The summed E-state index contributed by atoms with van der Waals surface area (Å²) in [6.45, 7) is -1.65. The summed E-state index contributed by atoms with van der Waals surface area (Å²) in [5.41, 5.74) is 5.77. The summed E-state index contributed by atoms with van der Waals surface area (Å²) in [6.07, 6.45) is -4.36. The summed E-state index contributed by atoms with van der Waals surface area (Å²) in [5, 5.41) is 8.82. The molecule has 0 atom stereocenters. The van der Waals surface area contributed by atoms with Crippen molar-refractivity contribution in [3.63, 3.8) is 0 Å². The van der Waals surface area contributed by atoms with Gasteiger partial charge in [0.25, 0.3) is 0 Å². The third-order valence-corrected chi connectivity index (χ3v) is 2.58. The van der Waals surface area contributed by atoms with Crippen LogP contribution in [0.1, 0.15) is 11.1 Å². The molecule has 0 aromatic heterocycles. The molecule has 3 N–H and O–H groups in total. The number of hydrogen-bond acceptors (Lipinski definition) is 3. The summed E-state index contributed by atoms with van der Waals surface area (Å²) in [6, 6.07) is 3.93. The van der Waals surface area contributed by atoms with Crippen LogP contribution in [0.4, 0.5) is 17.6 Å². The molecule has 0 aliphatic heterocycles. The van der Waals surface area contributed by atoms with Gasteiger partial charge in [0.05, 0.1) is 25.3 Å². The molecule has 0 heterocycles. The maximum Gasteiger partial charge on any atom is 0.401 e. The van der Waals surface area contributed by atoms with E-state index in [4.69, 9.17) is 10.8 Å². The first-order valence-corrected chi connectivity index (χ1v) is 6.23. The summed E-state index contributed by atoms with van der Waals surface area (Å²) < 4.78 is 50.7. The first-order valence-electron chi connectivity index (χ1n) is 6.23. The molecular weight excluding hydrogens is 288 g/mol. The molecule has 1 aromatic rings. The Morgan fingerprint density at radius 3 is 2.57 bits per heavy atom. The van der Waals surface area contributed by atoms with Crippen molar-refractivity contribution in [1.82, 2.24) is 4.90 Å². The minimum atomic E-state index is -4.36. The average Bonchev–Trinajstić information content (AvgIpc) is 2.38. The van der Waals surface area contributed by atoms with Crippen molar-refractivity contribution in [3.8, 4) is 11.8 Å². The van der Waals surface area contributed by atoms with Gasteiger partial charge in [-0.05, 0) is 17.7 Å². The van der Waals surface area contributed by atoms with E-state index in [1.165, 1.54) is 12.1 Å². The highest BCUT2D eigenvalue weighted by Gasteiger charge is 2.30. The first kappa shape index (κ1) is 17.4. The van der Waals surface area contributed by atoms with Gasteiger partial charge < -0.3 is 10.8 Å². The SMILES string of the molecule is NCC#Cc1cc(CN(CCO)CC(F)(F)F)ccc1F. The number of aliphatic hydroxyl groups excluding tert-OH is 1. The molecule has 3 nitrogen and oxygen atoms in total. The lowest BCUT2D eigenvalue weighted by atomic mass is 10.1. The van der Waals surface area contributed by atoms with E-state index in [0.29, 0.717) is 5.56 Å². The number of hydrogen-bond donors (Lipinski definition) is 2. The molecule has 0 fully saturated rings. The maximum atomic E-state index is 13.5. The Bertz CT molecular complexity index is 520. The Morgan fingerprint density at radius 1 is 1.29 bits per heavy atom. The third-order valence-electron chi connectivity index (χ3n) is 2.58. The number of benzene rings is 1. The van der Waals surface area contributed by atoms with E-state index < -0.39 is 25.1 Å². The van der Waals surface area contributed by atoms with E-state index in [2.05, 4.69) is 11.8 Å². The molecule has 7 heteroatoms. The molecule has 0 saturated heterocycles. The van der Waals surface area contributed by atoms with Crippen LogP contribution in [0.2, 0.25) is 0 Å². The quantitative estimate of drug-likeness (QED) is 0.640. The minimum absolute atomic E-state index is 0.0579. The van der Waals surface area contributed by atoms with Crippen molar-refractivity contribution in [1.29, 1.82) is 0 Å². The van der Waals surface area contributed by atoms with Crippen molar-refractivity contribution in [2.24, 2.45) is 5.73 Å². The van der Waals surface area contributed by atoms with E-state index in [1.807, 2.05) is 0 Å². The number of nitrogens with two attached hydrogens (primary N) is 1. The second-order valence-corrected chi connectivity index (χ2v) is 4.37. The maximum absolute atomic E-state index is 13.5. The topological polar surface area (TPSA) is 49.5 Å². The highest BCUT2D eigenvalue weighted by Crippen LogP contribution is 2.18. The predicted molar refractivity (Wildman–Crippen MR) is 70.8 cm³/mol. The van der Waals surface area contributed by atoms with Crippen LogP contribution in [-0.4, -0.2) is 42.4 Å². The monoisotopic (exact) mass is 304 g/mol. The summed E-state index contributed by atoms with van der Waals surface area (Å²) in [5.74, 6) is 4.47. The van der Waals surface area contributed by atoms with Crippen molar-refractivity contribution >= 4 is 0 Å². The fraction of sp³-hybridized carbons (Fsp3) is 0.429. The fourth-order valence-electron chi connectivity index (χ4n) is 1.78. The van der Waals surface area contributed by atoms with E-state index >= 15 is 0 Å². The normalized spacial score (nSPS) is 11.4. The predicted octanol–water partition coefficient (Wildman–Crippen LogP) is 1.49. The molecule has 0 radical (unpaired) electrons. The van der Waals surface area contributed by atoms with Gasteiger partial charge in [-0.15, -0.1) is 0 Å². The largest absolute Gasteiger partial charge is 0.401 e. The number of aliphatic hydroxyl groups is 1. The zero-order valence-corrected chi connectivity index (χ0v) is 11.3. The van der Waals surface area contributed by atoms with Crippen LogP contribution in [0.5, 0.6) is 0 Å². The summed E-state index contributed by atoms with van der Waals surface area (Å²) in [4.78, 5) is 1.04. The zero-order valence-electron chi connectivity index (χ0n) is 11.3. The van der Waals surface area contributed by atoms with Crippen LogP contribution < -0.4 is 5.73 Å². The van der Waals surface area contributed by atoms with Crippen molar-refractivity contribution in [3.05, 3.63) is 35.1 Å². The minimum Gasteiger partial charge on any atom is -0.395 e. The second-order valence-electron chi connectivity index (χ2n) is 4.37. The van der Waals surface area contributed by atoms with Gasteiger partial charge in [0, 0.05) is 13.1 Å². The van der Waals surface area contributed by atoms with Gasteiger partial charge in [-0.2, -0.15) is 13.2 Å².